The third-order valence-electron chi connectivity index (χ3n) is 0.545. The molecule has 1 N–H and O–H groups in total. The number of rotatable bonds is 1. The van der Waals surface area contributed by atoms with Gasteiger partial charge in [0.05, 0.1) is 0 Å². The van der Waals surface area contributed by atoms with Gasteiger partial charge in [0.15, 0.2) is 5.01 Å². The van der Waals surface area contributed by atoms with Crippen LogP contribution in [0.4, 0.5) is 0 Å². The van der Waals surface area contributed by atoms with Gasteiger partial charge in [0.25, 0.3) is 0 Å². The van der Waals surface area contributed by atoms with E-state index in [-0.39, 0.29) is 0 Å². The van der Waals surface area contributed by atoms with Crippen molar-refractivity contribution in [2.24, 2.45) is 5.16 Å². The fraction of sp³-hybridized carbons (Fsp3) is 0. The largest absolute Gasteiger partial charge is 0.411 e. The predicted molar refractivity (Wildman–Crippen MR) is 29.3 cm³/mol. The minimum Gasteiger partial charge on any atom is -0.411 e. The fourth-order valence-corrected chi connectivity index (χ4v) is 0.692. The lowest BCUT2D eigenvalue weighted by Crippen LogP contribution is -1.76. The summed E-state index contributed by atoms with van der Waals surface area (Å²) in [5, 5.41) is 18.4. The molecule has 0 spiro atoms. The second-order valence-electron chi connectivity index (χ2n) is 1.02. The zero-order chi connectivity index (χ0) is 5.82. The van der Waals surface area contributed by atoms with E-state index >= 15 is 0 Å². The van der Waals surface area contributed by atoms with Crippen molar-refractivity contribution >= 4 is 17.6 Å². The first-order valence-electron chi connectivity index (χ1n) is 1.87. The summed E-state index contributed by atoms with van der Waals surface area (Å²) in [6.07, 6.45) is 1.23. The zero-order valence-electron chi connectivity index (χ0n) is 3.85. The number of nitrogens with zero attached hydrogens (tertiary/aromatic N) is 3. The molecule has 1 rings (SSSR count). The van der Waals surface area contributed by atoms with Crippen molar-refractivity contribution < 1.29 is 5.21 Å². The van der Waals surface area contributed by atoms with E-state index in [9.17, 15) is 0 Å². The summed E-state index contributed by atoms with van der Waals surface area (Å²) < 4.78 is 0. The minimum atomic E-state index is 0.604. The summed E-state index contributed by atoms with van der Waals surface area (Å²) in [6, 6.07) is 0. The number of oxime groups is 1. The Bertz CT molecular complexity index is 171. The van der Waals surface area contributed by atoms with E-state index in [0.717, 1.165) is 0 Å². The molecule has 1 aromatic heterocycles. The number of aromatic nitrogens is 2. The molecule has 0 aliphatic carbocycles. The van der Waals surface area contributed by atoms with Gasteiger partial charge in [0.1, 0.15) is 11.7 Å². The molecule has 1 heterocycles. The average molecular weight is 129 g/mol. The van der Waals surface area contributed by atoms with Crippen LogP contribution in [0.25, 0.3) is 0 Å². The Hall–Kier alpha value is -0.970. The molecule has 5 heteroatoms. The van der Waals surface area contributed by atoms with Crippen LogP contribution in [0.3, 0.4) is 0 Å². The molecule has 0 fully saturated rings. The maximum Gasteiger partial charge on any atom is 0.161 e. The molecule has 0 bridgehead atoms. The number of hydrogen-bond acceptors (Lipinski definition) is 5. The quantitative estimate of drug-likeness (QED) is 0.338. The summed E-state index contributed by atoms with van der Waals surface area (Å²) in [4.78, 5) is 0. The smallest absolute Gasteiger partial charge is 0.161 e. The monoisotopic (exact) mass is 129 g/mol. The lowest BCUT2D eigenvalue weighted by molar-refractivity contribution is 0.322. The third kappa shape index (κ3) is 1.00. The SMILES string of the molecule is ON=Cc1nncs1. The van der Waals surface area contributed by atoms with Crippen LogP contribution < -0.4 is 0 Å². The standard InChI is InChI=1S/C3H3N3OS/c7-5-1-3-6-4-2-8-3/h1-2,7H. The van der Waals surface area contributed by atoms with Crippen LogP contribution in [0.1, 0.15) is 5.01 Å². The molecule has 0 aliphatic heterocycles. The van der Waals surface area contributed by atoms with E-state index in [0.29, 0.717) is 5.01 Å². The van der Waals surface area contributed by atoms with Crippen LogP contribution in [-0.4, -0.2) is 21.6 Å². The van der Waals surface area contributed by atoms with Gasteiger partial charge in [0.2, 0.25) is 0 Å². The highest BCUT2D eigenvalue weighted by atomic mass is 32.1. The summed E-state index contributed by atoms with van der Waals surface area (Å²) in [5.41, 5.74) is 1.57. The van der Waals surface area contributed by atoms with Crippen LogP contribution in [0.5, 0.6) is 0 Å². The molecule has 0 amide bonds. The van der Waals surface area contributed by atoms with Crippen molar-refractivity contribution in [2.75, 3.05) is 0 Å². The predicted octanol–water partition coefficient (Wildman–Crippen LogP) is 0.346. The minimum absolute atomic E-state index is 0.604. The van der Waals surface area contributed by atoms with Gasteiger partial charge in [-0.05, 0) is 0 Å². The fourth-order valence-electron chi connectivity index (χ4n) is 0.287. The first-order valence-corrected chi connectivity index (χ1v) is 2.75. The zero-order valence-corrected chi connectivity index (χ0v) is 4.67. The molecule has 8 heavy (non-hydrogen) atoms. The van der Waals surface area contributed by atoms with Crippen LogP contribution in [0.2, 0.25) is 0 Å². The summed E-state index contributed by atoms with van der Waals surface area (Å²) in [7, 11) is 0. The second kappa shape index (κ2) is 2.37. The van der Waals surface area contributed by atoms with Gasteiger partial charge in [-0.2, -0.15) is 0 Å². The number of hydrogen-bond donors (Lipinski definition) is 1. The molecule has 0 radical (unpaired) electrons. The van der Waals surface area contributed by atoms with Crippen molar-refractivity contribution in [2.45, 2.75) is 0 Å². The van der Waals surface area contributed by atoms with Gasteiger partial charge >= 0.3 is 0 Å². The highest BCUT2D eigenvalue weighted by Gasteiger charge is 1.86. The Morgan fingerprint density at radius 1 is 1.88 bits per heavy atom. The van der Waals surface area contributed by atoms with Gasteiger partial charge in [-0.3, -0.25) is 0 Å². The van der Waals surface area contributed by atoms with Crippen molar-refractivity contribution in [3.05, 3.63) is 10.5 Å². The molecule has 0 unspecified atom stereocenters. The first-order chi connectivity index (χ1) is 3.93. The molecule has 0 aromatic carbocycles. The molecule has 4 nitrogen and oxygen atoms in total. The van der Waals surface area contributed by atoms with E-state index in [2.05, 4.69) is 15.4 Å². The Labute approximate surface area is 49.5 Å². The lowest BCUT2D eigenvalue weighted by Gasteiger charge is -1.70. The van der Waals surface area contributed by atoms with Crippen molar-refractivity contribution in [1.82, 2.24) is 10.2 Å². The highest BCUT2D eigenvalue weighted by molar-refractivity contribution is 7.10. The first kappa shape index (κ1) is 5.17. The van der Waals surface area contributed by atoms with Gasteiger partial charge in [-0.1, -0.05) is 16.5 Å². The Morgan fingerprint density at radius 2 is 2.75 bits per heavy atom. The van der Waals surface area contributed by atoms with Crippen LogP contribution in [0.15, 0.2) is 10.7 Å². The maximum atomic E-state index is 7.95. The van der Waals surface area contributed by atoms with E-state index in [4.69, 9.17) is 5.21 Å². The van der Waals surface area contributed by atoms with Crippen LogP contribution >= 0.6 is 11.3 Å². The normalized spacial score (nSPS) is 10.5. The van der Waals surface area contributed by atoms with Gasteiger partial charge in [-0.15, -0.1) is 10.2 Å². The molecule has 42 valence electrons. The molecule has 0 aliphatic rings. The summed E-state index contributed by atoms with van der Waals surface area (Å²) >= 11 is 1.32. The Balaban J connectivity index is 2.77. The van der Waals surface area contributed by atoms with Crippen molar-refractivity contribution in [1.29, 1.82) is 0 Å². The van der Waals surface area contributed by atoms with Gasteiger partial charge in [0, 0.05) is 0 Å². The Kier molecular flexibility index (Phi) is 1.53. The molecular formula is C3H3N3OS. The maximum absolute atomic E-state index is 7.95. The molecule has 0 atom stereocenters. The average Bonchev–Trinajstić information content (AvgIpc) is 2.19. The third-order valence-corrected chi connectivity index (χ3v) is 1.17. The van der Waals surface area contributed by atoms with E-state index < -0.39 is 0 Å². The molecule has 1 aromatic rings. The van der Waals surface area contributed by atoms with E-state index in [1.807, 2.05) is 0 Å². The van der Waals surface area contributed by atoms with Crippen molar-refractivity contribution in [3.8, 4) is 0 Å². The highest BCUT2D eigenvalue weighted by Crippen LogP contribution is 1.95. The topological polar surface area (TPSA) is 58.4 Å². The van der Waals surface area contributed by atoms with E-state index in [1.165, 1.54) is 17.6 Å². The molecule has 0 saturated carbocycles. The summed E-state index contributed by atoms with van der Waals surface area (Å²) in [6.45, 7) is 0. The molecular weight excluding hydrogens is 126 g/mol. The van der Waals surface area contributed by atoms with Crippen molar-refractivity contribution in [3.63, 3.8) is 0 Å². The second-order valence-corrected chi connectivity index (χ2v) is 1.89. The summed E-state index contributed by atoms with van der Waals surface area (Å²) in [5.74, 6) is 0. The molecule has 0 saturated heterocycles. The Morgan fingerprint density at radius 3 is 3.25 bits per heavy atom. The van der Waals surface area contributed by atoms with Crippen LogP contribution in [-0.2, 0) is 0 Å². The van der Waals surface area contributed by atoms with Crippen LogP contribution in [0, 0.1) is 0 Å². The van der Waals surface area contributed by atoms with Gasteiger partial charge < -0.3 is 5.21 Å². The van der Waals surface area contributed by atoms with Gasteiger partial charge in [-0.25, -0.2) is 0 Å². The van der Waals surface area contributed by atoms with E-state index in [1.54, 1.807) is 5.51 Å². The lowest BCUT2D eigenvalue weighted by atomic mass is 10.8.